The summed E-state index contributed by atoms with van der Waals surface area (Å²) in [7, 11) is 0. The van der Waals surface area contributed by atoms with Crippen molar-refractivity contribution in [3.8, 4) is 33.6 Å². The highest BCUT2D eigenvalue weighted by molar-refractivity contribution is 5.73. The second kappa shape index (κ2) is 13.0. The number of amides is 2. The number of aromatic amines is 2. The second-order valence-electron chi connectivity index (χ2n) is 15.3. The van der Waals surface area contributed by atoms with E-state index in [9.17, 15) is 9.59 Å². The molecule has 4 unspecified atom stereocenters. The number of benzene rings is 2. The zero-order valence-electron chi connectivity index (χ0n) is 29.6. The van der Waals surface area contributed by atoms with Crippen LogP contribution in [0.5, 0.6) is 0 Å². The van der Waals surface area contributed by atoms with Gasteiger partial charge in [-0.2, -0.15) is 0 Å². The lowest BCUT2D eigenvalue weighted by Crippen LogP contribution is -2.40. The fourth-order valence-electron chi connectivity index (χ4n) is 6.80. The van der Waals surface area contributed by atoms with Crippen molar-refractivity contribution in [2.24, 2.45) is 0 Å². The molecule has 0 spiro atoms. The third-order valence-corrected chi connectivity index (χ3v) is 9.16. The summed E-state index contributed by atoms with van der Waals surface area (Å²) in [5.74, 6) is 0.972. The highest BCUT2D eigenvalue weighted by Gasteiger charge is 2.40. The minimum Gasteiger partial charge on any atom is -0.444 e. The van der Waals surface area contributed by atoms with Crippen LogP contribution in [-0.2, 0) is 9.47 Å². The lowest BCUT2D eigenvalue weighted by molar-refractivity contribution is 0.0141. The van der Waals surface area contributed by atoms with Gasteiger partial charge in [0.1, 0.15) is 28.7 Å². The molecule has 49 heavy (non-hydrogen) atoms. The quantitative estimate of drug-likeness (QED) is 0.219. The molecule has 4 aromatic rings. The van der Waals surface area contributed by atoms with Crippen molar-refractivity contribution in [2.75, 3.05) is 0 Å². The number of aromatic nitrogens is 4. The van der Waals surface area contributed by atoms with Crippen molar-refractivity contribution < 1.29 is 23.5 Å². The van der Waals surface area contributed by atoms with E-state index in [-0.39, 0.29) is 42.2 Å². The van der Waals surface area contributed by atoms with E-state index in [1.54, 1.807) is 28.3 Å². The van der Waals surface area contributed by atoms with E-state index in [1.807, 2.05) is 85.7 Å². The van der Waals surface area contributed by atoms with E-state index in [0.29, 0.717) is 17.1 Å². The molecular formula is C38H47FN6O4. The molecule has 2 saturated heterocycles. The molecular weight excluding hydrogens is 623 g/mol. The molecule has 2 N–H and O–H groups in total. The van der Waals surface area contributed by atoms with Crippen LogP contribution in [0.25, 0.3) is 33.6 Å². The molecule has 2 amide bonds. The van der Waals surface area contributed by atoms with Gasteiger partial charge in [0.25, 0.3) is 0 Å². The molecule has 2 fully saturated rings. The molecule has 2 aromatic carbocycles. The van der Waals surface area contributed by atoms with E-state index < -0.39 is 11.2 Å². The van der Waals surface area contributed by atoms with E-state index in [2.05, 4.69) is 19.9 Å². The number of imidazole rings is 2. The predicted molar refractivity (Wildman–Crippen MR) is 186 cm³/mol. The van der Waals surface area contributed by atoms with E-state index >= 15 is 4.39 Å². The Balaban J connectivity index is 1.15. The molecule has 0 saturated carbocycles. The minimum absolute atomic E-state index is 0.0109. The number of nitrogens with one attached hydrogen (secondary N) is 2. The lowest BCUT2D eigenvalue weighted by Gasteiger charge is -2.30. The third-order valence-electron chi connectivity index (χ3n) is 9.16. The van der Waals surface area contributed by atoms with Crippen molar-refractivity contribution in [3.05, 3.63) is 72.3 Å². The van der Waals surface area contributed by atoms with Crippen LogP contribution in [0.1, 0.15) is 105 Å². The van der Waals surface area contributed by atoms with Gasteiger partial charge in [0.05, 0.1) is 35.9 Å². The molecule has 10 nitrogen and oxygen atoms in total. The number of H-pyrrole nitrogens is 2. The summed E-state index contributed by atoms with van der Waals surface area (Å²) in [6.07, 6.45) is 5.96. The maximum atomic E-state index is 15.6. The zero-order chi connectivity index (χ0) is 35.2. The Morgan fingerprint density at radius 3 is 1.63 bits per heavy atom. The van der Waals surface area contributed by atoms with Crippen LogP contribution in [0, 0.1) is 5.82 Å². The zero-order valence-corrected chi connectivity index (χ0v) is 29.6. The number of carbonyl (C=O) groups excluding carboxylic acids is 2. The molecule has 2 aromatic heterocycles. The van der Waals surface area contributed by atoms with Crippen molar-refractivity contribution in [3.63, 3.8) is 0 Å². The summed E-state index contributed by atoms with van der Waals surface area (Å²) >= 11 is 0. The van der Waals surface area contributed by atoms with Crippen molar-refractivity contribution in [2.45, 2.75) is 116 Å². The van der Waals surface area contributed by atoms with Crippen molar-refractivity contribution in [1.29, 1.82) is 0 Å². The third kappa shape index (κ3) is 7.35. The summed E-state index contributed by atoms with van der Waals surface area (Å²) in [5, 5.41) is 0. The van der Waals surface area contributed by atoms with Gasteiger partial charge in [-0.1, -0.05) is 30.3 Å². The van der Waals surface area contributed by atoms with Crippen LogP contribution in [0.4, 0.5) is 14.0 Å². The predicted octanol–water partition coefficient (Wildman–Crippen LogP) is 9.19. The number of carbonyl (C=O) groups is 2. The van der Waals surface area contributed by atoms with Gasteiger partial charge in [-0.25, -0.2) is 23.9 Å². The first-order valence-corrected chi connectivity index (χ1v) is 17.1. The maximum Gasteiger partial charge on any atom is 0.411 e. The maximum absolute atomic E-state index is 15.6. The molecule has 2 aliphatic rings. The first-order chi connectivity index (χ1) is 23.1. The minimum atomic E-state index is -0.604. The van der Waals surface area contributed by atoms with Crippen molar-refractivity contribution in [1.82, 2.24) is 29.7 Å². The van der Waals surface area contributed by atoms with E-state index in [1.165, 1.54) is 6.07 Å². The number of ether oxygens (including phenoxy) is 2. The number of nitrogens with zero attached hydrogens (tertiary/aromatic N) is 4. The summed E-state index contributed by atoms with van der Waals surface area (Å²) < 4.78 is 26.9. The fourth-order valence-corrected chi connectivity index (χ4v) is 6.80. The summed E-state index contributed by atoms with van der Waals surface area (Å²) in [6, 6.07) is 12.6. The topological polar surface area (TPSA) is 116 Å². The Morgan fingerprint density at radius 1 is 0.694 bits per heavy atom. The fraction of sp³-hybridized carbons (Fsp3) is 0.474. The van der Waals surface area contributed by atoms with Gasteiger partial charge >= 0.3 is 12.2 Å². The lowest BCUT2D eigenvalue weighted by atomic mass is 10.0. The number of likely N-dealkylation sites (tertiary alicyclic amines) is 2. The van der Waals surface area contributed by atoms with Gasteiger partial charge in [0.15, 0.2) is 0 Å². The summed E-state index contributed by atoms with van der Waals surface area (Å²) in [5.41, 5.74) is 3.15. The summed E-state index contributed by atoms with van der Waals surface area (Å²) in [6.45, 7) is 15.2. The second-order valence-corrected chi connectivity index (χ2v) is 15.3. The highest BCUT2D eigenvalue weighted by Crippen LogP contribution is 2.39. The van der Waals surface area contributed by atoms with Gasteiger partial charge < -0.3 is 19.4 Å². The molecule has 11 heteroatoms. The number of rotatable bonds is 5. The van der Waals surface area contributed by atoms with E-state index in [0.717, 1.165) is 53.9 Å². The van der Waals surface area contributed by atoms with Crippen LogP contribution < -0.4 is 0 Å². The average Bonchev–Trinajstić information content (AvgIpc) is 3.82. The van der Waals surface area contributed by atoms with Crippen LogP contribution in [0.3, 0.4) is 0 Å². The first-order valence-electron chi connectivity index (χ1n) is 17.1. The number of hydrogen-bond donors (Lipinski definition) is 2. The van der Waals surface area contributed by atoms with Gasteiger partial charge in [-0.05, 0) is 110 Å². The first kappa shape index (κ1) is 34.2. The molecule has 2 aliphatic heterocycles. The molecule has 260 valence electrons. The molecule has 4 heterocycles. The SMILES string of the molecule is CC1CCC(c2ncc(-c3ccc(-c4ccc(-c5cnc(C6CCC(C)N6C(=O)OC(C)(C)C)[nH]5)c(F)c4)cc3)[nH]2)N1C(=O)OC(C)(C)C. The molecule has 0 radical (unpaired) electrons. The Labute approximate surface area is 287 Å². The molecule has 4 atom stereocenters. The Bertz CT molecular complexity index is 1820. The average molecular weight is 671 g/mol. The highest BCUT2D eigenvalue weighted by atomic mass is 19.1. The Kier molecular flexibility index (Phi) is 9.06. The van der Waals surface area contributed by atoms with Crippen LogP contribution >= 0.6 is 0 Å². The Hall–Kier alpha value is -4.67. The van der Waals surface area contributed by atoms with Gasteiger partial charge in [-0.15, -0.1) is 0 Å². The smallest absolute Gasteiger partial charge is 0.411 e. The van der Waals surface area contributed by atoms with Crippen molar-refractivity contribution >= 4 is 12.2 Å². The molecule has 0 aliphatic carbocycles. The van der Waals surface area contributed by atoms with Crippen LogP contribution in [-0.4, -0.2) is 65.2 Å². The standard InChI is InChI=1S/C38H47FN6O4/c1-22-9-17-31(44(22)35(46)48-37(3,4)5)33-40-20-29(42-33)25-13-11-24(12-14-25)26-15-16-27(28(39)19-26)30-21-41-34(43-30)32-18-10-23(2)45(32)36(47)49-38(6,7)8/h11-16,19-23,31-32H,9-10,17-18H2,1-8H3,(H,40,42)(H,41,43). The Morgan fingerprint density at radius 2 is 1.14 bits per heavy atom. The van der Waals surface area contributed by atoms with E-state index in [4.69, 9.17) is 9.47 Å². The van der Waals surface area contributed by atoms with Gasteiger partial charge in [0, 0.05) is 17.6 Å². The van der Waals surface area contributed by atoms with Crippen LogP contribution in [0.15, 0.2) is 54.9 Å². The van der Waals surface area contributed by atoms with Gasteiger partial charge in [0.2, 0.25) is 0 Å². The number of hydrogen-bond acceptors (Lipinski definition) is 6. The van der Waals surface area contributed by atoms with Crippen LogP contribution in [0.2, 0.25) is 0 Å². The largest absolute Gasteiger partial charge is 0.444 e. The normalized spacial score (nSPS) is 21.3. The number of halogens is 1. The van der Waals surface area contributed by atoms with Gasteiger partial charge in [-0.3, -0.25) is 9.80 Å². The summed E-state index contributed by atoms with van der Waals surface area (Å²) in [4.78, 5) is 45.4. The molecule has 0 bridgehead atoms. The monoisotopic (exact) mass is 670 g/mol. The molecule has 6 rings (SSSR count).